The van der Waals surface area contributed by atoms with Gasteiger partial charge in [-0.2, -0.15) is 0 Å². The van der Waals surface area contributed by atoms with Crippen LogP contribution in [0.5, 0.6) is 0 Å². The molecule has 0 bridgehead atoms. The van der Waals surface area contributed by atoms with Crippen molar-refractivity contribution in [2.75, 3.05) is 19.8 Å². The summed E-state index contributed by atoms with van der Waals surface area (Å²) in [6.07, 6.45) is 0.869. The van der Waals surface area contributed by atoms with Crippen molar-refractivity contribution >= 4 is 0 Å². The average Bonchev–Trinajstić information content (AvgIpc) is 2.09. The molecule has 1 aromatic rings. The summed E-state index contributed by atoms with van der Waals surface area (Å²) < 4.78 is 17.8. The Kier molecular flexibility index (Phi) is 3.11. The van der Waals surface area contributed by atoms with E-state index in [2.05, 4.69) is 5.32 Å². The minimum absolute atomic E-state index is 0.158. The number of halogens is 1. The van der Waals surface area contributed by atoms with Crippen LogP contribution in [0.15, 0.2) is 24.3 Å². The molecule has 1 N–H and O–H groups in total. The molecule has 2 rings (SSSR count). The Balaban J connectivity index is 1.74. The number of nitrogens with one attached hydrogen (secondary N) is 1. The van der Waals surface area contributed by atoms with E-state index < -0.39 is 0 Å². The second-order valence-corrected chi connectivity index (χ2v) is 3.57. The summed E-state index contributed by atoms with van der Waals surface area (Å²) in [5, 5.41) is 3.34. The van der Waals surface area contributed by atoms with E-state index in [9.17, 15) is 4.39 Å². The van der Waals surface area contributed by atoms with Crippen LogP contribution in [-0.4, -0.2) is 25.8 Å². The largest absolute Gasteiger partial charge is 0.378 e. The standard InChI is InChI=1S/C11H14FNO/c12-10-3-1-2-9(6-10)4-5-13-11-7-14-8-11/h1-3,6,11,13H,4-5,7-8H2. The number of benzene rings is 1. The Labute approximate surface area is 83.1 Å². The number of hydrogen-bond donors (Lipinski definition) is 1. The zero-order valence-electron chi connectivity index (χ0n) is 8.00. The molecule has 2 nitrogen and oxygen atoms in total. The van der Waals surface area contributed by atoms with Gasteiger partial charge >= 0.3 is 0 Å². The molecule has 3 heteroatoms. The van der Waals surface area contributed by atoms with Gasteiger partial charge in [-0.15, -0.1) is 0 Å². The van der Waals surface area contributed by atoms with Crippen molar-refractivity contribution in [3.8, 4) is 0 Å². The lowest BCUT2D eigenvalue weighted by molar-refractivity contribution is -0.00467. The van der Waals surface area contributed by atoms with E-state index in [1.165, 1.54) is 6.07 Å². The normalized spacial score (nSPS) is 16.6. The van der Waals surface area contributed by atoms with Crippen molar-refractivity contribution in [2.24, 2.45) is 0 Å². The van der Waals surface area contributed by atoms with E-state index in [-0.39, 0.29) is 5.82 Å². The van der Waals surface area contributed by atoms with Gasteiger partial charge in [0, 0.05) is 0 Å². The van der Waals surface area contributed by atoms with Gasteiger partial charge in [0.15, 0.2) is 0 Å². The first-order chi connectivity index (χ1) is 6.84. The Morgan fingerprint density at radius 1 is 1.43 bits per heavy atom. The molecule has 76 valence electrons. The van der Waals surface area contributed by atoms with Crippen molar-refractivity contribution < 1.29 is 9.13 Å². The molecule has 0 radical (unpaired) electrons. The molecule has 0 aromatic heterocycles. The molecule has 1 heterocycles. The van der Waals surface area contributed by atoms with Crippen molar-refractivity contribution in [1.82, 2.24) is 5.32 Å². The fourth-order valence-corrected chi connectivity index (χ4v) is 1.47. The lowest BCUT2D eigenvalue weighted by atomic mass is 10.1. The van der Waals surface area contributed by atoms with Crippen LogP contribution in [0, 0.1) is 5.82 Å². The SMILES string of the molecule is Fc1cccc(CCNC2COC2)c1. The highest BCUT2D eigenvalue weighted by molar-refractivity contribution is 5.16. The summed E-state index contributed by atoms with van der Waals surface area (Å²) >= 11 is 0. The fraction of sp³-hybridized carbons (Fsp3) is 0.455. The zero-order valence-corrected chi connectivity index (χ0v) is 8.00. The van der Waals surface area contributed by atoms with Crippen LogP contribution >= 0.6 is 0 Å². The van der Waals surface area contributed by atoms with E-state index in [1.54, 1.807) is 12.1 Å². The molecule has 0 saturated carbocycles. The molecule has 1 aliphatic heterocycles. The highest BCUT2D eigenvalue weighted by atomic mass is 19.1. The van der Waals surface area contributed by atoms with Crippen LogP contribution < -0.4 is 5.32 Å². The average molecular weight is 195 g/mol. The highest BCUT2D eigenvalue weighted by Crippen LogP contribution is 2.04. The number of ether oxygens (including phenoxy) is 1. The maximum atomic E-state index is 12.8. The third-order valence-electron chi connectivity index (χ3n) is 2.37. The van der Waals surface area contributed by atoms with Gasteiger partial charge in [0.25, 0.3) is 0 Å². The van der Waals surface area contributed by atoms with Crippen molar-refractivity contribution in [2.45, 2.75) is 12.5 Å². The quantitative estimate of drug-likeness (QED) is 0.783. The second kappa shape index (κ2) is 4.53. The van der Waals surface area contributed by atoms with Gasteiger partial charge in [0.05, 0.1) is 19.3 Å². The molecule has 1 aliphatic rings. The Morgan fingerprint density at radius 2 is 2.29 bits per heavy atom. The zero-order chi connectivity index (χ0) is 9.80. The van der Waals surface area contributed by atoms with E-state index in [1.807, 2.05) is 6.07 Å². The van der Waals surface area contributed by atoms with Gasteiger partial charge < -0.3 is 10.1 Å². The first-order valence-electron chi connectivity index (χ1n) is 4.90. The van der Waals surface area contributed by atoms with Crippen molar-refractivity contribution in [3.63, 3.8) is 0 Å². The minimum atomic E-state index is -0.158. The first-order valence-corrected chi connectivity index (χ1v) is 4.90. The van der Waals surface area contributed by atoms with Crippen LogP contribution in [0.1, 0.15) is 5.56 Å². The molecular weight excluding hydrogens is 181 g/mol. The molecule has 0 spiro atoms. The molecule has 0 unspecified atom stereocenters. The molecular formula is C11H14FNO. The summed E-state index contributed by atoms with van der Waals surface area (Å²) in [6, 6.07) is 7.25. The Bertz CT molecular complexity index is 299. The summed E-state index contributed by atoms with van der Waals surface area (Å²) in [5.41, 5.74) is 1.04. The van der Waals surface area contributed by atoms with Gasteiger partial charge in [-0.3, -0.25) is 0 Å². The summed E-state index contributed by atoms with van der Waals surface area (Å²) in [6.45, 7) is 2.50. The summed E-state index contributed by atoms with van der Waals surface area (Å²) in [5.74, 6) is -0.158. The topological polar surface area (TPSA) is 21.3 Å². The Morgan fingerprint density at radius 3 is 2.93 bits per heavy atom. The van der Waals surface area contributed by atoms with Crippen LogP contribution in [0.25, 0.3) is 0 Å². The van der Waals surface area contributed by atoms with Gasteiger partial charge in [-0.25, -0.2) is 4.39 Å². The van der Waals surface area contributed by atoms with Gasteiger partial charge in [0.1, 0.15) is 5.82 Å². The van der Waals surface area contributed by atoms with Gasteiger partial charge in [-0.1, -0.05) is 12.1 Å². The lowest BCUT2D eigenvalue weighted by Gasteiger charge is -2.26. The highest BCUT2D eigenvalue weighted by Gasteiger charge is 2.16. The third kappa shape index (κ3) is 2.53. The lowest BCUT2D eigenvalue weighted by Crippen LogP contribution is -2.46. The number of rotatable bonds is 4. The third-order valence-corrected chi connectivity index (χ3v) is 2.37. The van der Waals surface area contributed by atoms with E-state index >= 15 is 0 Å². The van der Waals surface area contributed by atoms with Crippen LogP contribution in [-0.2, 0) is 11.2 Å². The molecule has 1 saturated heterocycles. The van der Waals surface area contributed by atoms with Gasteiger partial charge in [0.2, 0.25) is 0 Å². The Hall–Kier alpha value is -0.930. The summed E-state index contributed by atoms with van der Waals surface area (Å²) in [7, 11) is 0. The minimum Gasteiger partial charge on any atom is -0.378 e. The monoisotopic (exact) mass is 195 g/mol. The second-order valence-electron chi connectivity index (χ2n) is 3.57. The predicted molar refractivity (Wildman–Crippen MR) is 52.7 cm³/mol. The first kappa shape index (κ1) is 9.62. The van der Waals surface area contributed by atoms with Crippen molar-refractivity contribution in [3.05, 3.63) is 35.6 Å². The molecule has 1 fully saturated rings. The fourth-order valence-electron chi connectivity index (χ4n) is 1.47. The van der Waals surface area contributed by atoms with Crippen LogP contribution in [0.3, 0.4) is 0 Å². The summed E-state index contributed by atoms with van der Waals surface area (Å²) in [4.78, 5) is 0. The van der Waals surface area contributed by atoms with E-state index in [0.29, 0.717) is 6.04 Å². The molecule has 0 aliphatic carbocycles. The molecule has 0 amide bonds. The smallest absolute Gasteiger partial charge is 0.123 e. The van der Waals surface area contributed by atoms with Gasteiger partial charge in [-0.05, 0) is 30.7 Å². The molecule has 14 heavy (non-hydrogen) atoms. The maximum Gasteiger partial charge on any atom is 0.123 e. The molecule has 1 aromatic carbocycles. The van der Waals surface area contributed by atoms with Crippen molar-refractivity contribution in [1.29, 1.82) is 0 Å². The molecule has 0 atom stereocenters. The number of hydrogen-bond acceptors (Lipinski definition) is 2. The van der Waals surface area contributed by atoms with E-state index in [0.717, 1.165) is 31.7 Å². The predicted octanol–water partition coefficient (Wildman–Crippen LogP) is 1.36. The van der Waals surface area contributed by atoms with Crippen LogP contribution in [0.2, 0.25) is 0 Å². The van der Waals surface area contributed by atoms with E-state index in [4.69, 9.17) is 4.74 Å². The maximum absolute atomic E-state index is 12.8. The van der Waals surface area contributed by atoms with Crippen LogP contribution in [0.4, 0.5) is 4.39 Å².